The number of ether oxygens (including phenoxy) is 3. The molecule has 0 atom stereocenters. The maximum atomic E-state index is 11.7. The molecule has 1 fully saturated rings. The zero-order chi connectivity index (χ0) is 19.6. The molecular weight excluding hydrogens is 352 g/mol. The molecule has 0 heterocycles. The van der Waals surface area contributed by atoms with E-state index in [9.17, 15) is 14.4 Å². The van der Waals surface area contributed by atoms with E-state index in [0.717, 1.165) is 25.7 Å². The van der Waals surface area contributed by atoms with Gasteiger partial charge in [-0.2, -0.15) is 0 Å². The predicted molar refractivity (Wildman–Crippen MR) is 98.5 cm³/mol. The summed E-state index contributed by atoms with van der Waals surface area (Å²) < 4.78 is 15.1. The molecule has 2 N–H and O–H groups in total. The quantitative estimate of drug-likeness (QED) is 0.558. The van der Waals surface area contributed by atoms with Crippen molar-refractivity contribution in [1.29, 1.82) is 0 Å². The number of hydrogen-bond acceptors (Lipinski definition) is 6. The van der Waals surface area contributed by atoms with Crippen LogP contribution in [0.5, 0.6) is 11.5 Å². The topological polar surface area (TPSA) is 103 Å². The van der Waals surface area contributed by atoms with Crippen LogP contribution < -0.4 is 20.1 Å². The maximum absolute atomic E-state index is 11.7. The number of carbonyl (C=O) groups is 3. The van der Waals surface area contributed by atoms with E-state index >= 15 is 0 Å². The Bertz CT molecular complexity index is 688. The first-order chi connectivity index (χ1) is 13.0. The van der Waals surface area contributed by atoms with Gasteiger partial charge in [-0.3, -0.25) is 10.1 Å². The average Bonchev–Trinajstić information content (AvgIpc) is 3.17. The van der Waals surface area contributed by atoms with Crippen LogP contribution in [0, 0.1) is 0 Å². The van der Waals surface area contributed by atoms with Crippen molar-refractivity contribution in [2.75, 3.05) is 20.8 Å². The summed E-state index contributed by atoms with van der Waals surface area (Å²) in [6.45, 7) is -0.539. The number of esters is 1. The smallest absolute Gasteiger partial charge is 0.331 e. The van der Waals surface area contributed by atoms with Gasteiger partial charge in [0.05, 0.1) is 14.2 Å². The molecule has 2 rings (SSSR count). The highest BCUT2D eigenvalue weighted by atomic mass is 16.5. The van der Waals surface area contributed by atoms with Gasteiger partial charge in [0.15, 0.2) is 6.61 Å². The van der Waals surface area contributed by atoms with Crippen molar-refractivity contribution < 1.29 is 28.6 Å². The standard InChI is InChI=1S/C19H24N2O6/c1-25-15-9-13(10-16(11-15)26-2)7-8-18(23)27-12-17(22)21-19(24)20-14-5-3-4-6-14/h7-11,14H,3-6,12H2,1-2H3,(H2,20,21,22,24)/b8-7+. The molecule has 0 aromatic heterocycles. The predicted octanol–water partition coefficient (Wildman–Crippen LogP) is 2.03. The van der Waals surface area contributed by atoms with E-state index in [-0.39, 0.29) is 6.04 Å². The maximum Gasteiger partial charge on any atom is 0.331 e. The Morgan fingerprint density at radius 2 is 1.70 bits per heavy atom. The van der Waals surface area contributed by atoms with E-state index in [2.05, 4.69) is 10.6 Å². The number of hydrogen-bond donors (Lipinski definition) is 2. The third-order valence-corrected chi connectivity index (χ3v) is 4.07. The SMILES string of the molecule is COc1cc(/C=C/C(=O)OCC(=O)NC(=O)NC2CCCC2)cc(OC)c1. The first kappa shape index (κ1) is 20.3. The number of rotatable bonds is 7. The number of carbonyl (C=O) groups excluding carboxylic acids is 3. The molecule has 8 heteroatoms. The minimum absolute atomic E-state index is 0.100. The van der Waals surface area contributed by atoms with E-state index in [1.54, 1.807) is 18.2 Å². The summed E-state index contributed by atoms with van der Waals surface area (Å²) in [4.78, 5) is 35.1. The van der Waals surface area contributed by atoms with Gasteiger partial charge in [-0.05, 0) is 36.6 Å². The van der Waals surface area contributed by atoms with Crippen molar-refractivity contribution >= 4 is 24.0 Å². The molecule has 0 radical (unpaired) electrons. The van der Waals surface area contributed by atoms with Crippen LogP contribution in [-0.2, 0) is 14.3 Å². The summed E-state index contributed by atoms with van der Waals surface area (Å²) in [7, 11) is 3.05. The zero-order valence-electron chi connectivity index (χ0n) is 15.4. The molecule has 146 valence electrons. The molecule has 1 aromatic rings. The molecule has 0 aliphatic heterocycles. The fourth-order valence-corrected chi connectivity index (χ4v) is 2.73. The van der Waals surface area contributed by atoms with Gasteiger partial charge in [0.2, 0.25) is 0 Å². The fourth-order valence-electron chi connectivity index (χ4n) is 2.73. The lowest BCUT2D eigenvalue weighted by Gasteiger charge is -2.12. The summed E-state index contributed by atoms with van der Waals surface area (Å²) in [5.41, 5.74) is 0.670. The highest BCUT2D eigenvalue weighted by molar-refractivity contribution is 5.96. The molecule has 1 aliphatic rings. The van der Waals surface area contributed by atoms with Crippen LogP contribution in [0.1, 0.15) is 31.2 Å². The Labute approximate surface area is 157 Å². The normalized spacial score (nSPS) is 14.0. The molecule has 1 aliphatic carbocycles. The number of nitrogens with one attached hydrogen (secondary N) is 2. The lowest BCUT2D eigenvalue weighted by atomic mass is 10.2. The number of methoxy groups -OCH3 is 2. The monoisotopic (exact) mass is 376 g/mol. The summed E-state index contributed by atoms with van der Waals surface area (Å²) in [6, 6.07) is 4.67. The van der Waals surface area contributed by atoms with E-state index in [0.29, 0.717) is 17.1 Å². The van der Waals surface area contributed by atoms with Crippen LogP contribution in [-0.4, -0.2) is 44.8 Å². The minimum Gasteiger partial charge on any atom is -0.497 e. The third-order valence-electron chi connectivity index (χ3n) is 4.07. The highest BCUT2D eigenvalue weighted by Crippen LogP contribution is 2.23. The van der Waals surface area contributed by atoms with E-state index in [1.807, 2.05) is 0 Å². The van der Waals surface area contributed by atoms with Gasteiger partial charge < -0.3 is 19.5 Å². The van der Waals surface area contributed by atoms with Gasteiger partial charge >= 0.3 is 12.0 Å². The molecule has 1 aromatic carbocycles. The van der Waals surface area contributed by atoms with Crippen molar-refractivity contribution in [1.82, 2.24) is 10.6 Å². The van der Waals surface area contributed by atoms with Crippen LogP contribution in [0.2, 0.25) is 0 Å². The second kappa shape index (κ2) is 10.2. The summed E-state index contributed by atoms with van der Waals surface area (Å²) >= 11 is 0. The Morgan fingerprint density at radius 1 is 1.07 bits per heavy atom. The molecule has 0 bridgehead atoms. The first-order valence-electron chi connectivity index (χ1n) is 8.68. The molecule has 3 amide bonds. The van der Waals surface area contributed by atoms with Gasteiger partial charge in [0.25, 0.3) is 5.91 Å². The molecular formula is C19H24N2O6. The van der Waals surface area contributed by atoms with Crippen LogP contribution in [0.25, 0.3) is 6.08 Å². The highest BCUT2D eigenvalue weighted by Gasteiger charge is 2.18. The number of imide groups is 1. The molecule has 27 heavy (non-hydrogen) atoms. The van der Waals surface area contributed by atoms with Gasteiger partial charge in [-0.1, -0.05) is 12.8 Å². The molecule has 1 saturated carbocycles. The Hall–Kier alpha value is -3.03. The second-order valence-electron chi connectivity index (χ2n) is 6.09. The van der Waals surface area contributed by atoms with Crippen LogP contribution >= 0.6 is 0 Å². The summed E-state index contributed by atoms with van der Waals surface area (Å²) in [5, 5.41) is 4.86. The second-order valence-corrected chi connectivity index (χ2v) is 6.09. The van der Waals surface area contributed by atoms with E-state index < -0.39 is 24.5 Å². The Balaban J connectivity index is 1.77. The van der Waals surface area contributed by atoms with Gasteiger partial charge in [-0.25, -0.2) is 9.59 Å². The van der Waals surface area contributed by atoms with Crippen molar-refractivity contribution in [2.45, 2.75) is 31.7 Å². The van der Waals surface area contributed by atoms with Crippen LogP contribution in [0.4, 0.5) is 4.79 Å². The van der Waals surface area contributed by atoms with Crippen molar-refractivity contribution in [3.63, 3.8) is 0 Å². The van der Waals surface area contributed by atoms with Gasteiger partial charge in [-0.15, -0.1) is 0 Å². The van der Waals surface area contributed by atoms with Crippen LogP contribution in [0.3, 0.4) is 0 Å². The van der Waals surface area contributed by atoms with Gasteiger partial charge in [0.1, 0.15) is 11.5 Å². The first-order valence-corrected chi connectivity index (χ1v) is 8.68. The molecule has 8 nitrogen and oxygen atoms in total. The Morgan fingerprint density at radius 3 is 2.30 bits per heavy atom. The number of benzene rings is 1. The lowest BCUT2D eigenvalue weighted by molar-refractivity contribution is -0.143. The summed E-state index contributed by atoms with van der Waals surface area (Å²) in [5.74, 6) is -0.233. The van der Waals surface area contributed by atoms with Crippen molar-refractivity contribution in [2.24, 2.45) is 0 Å². The average molecular weight is 376 g/mol. The largest absolute Gasteiger partial charge is 0.497 e. The van der Waals surface area contributed by atoms with E-state index in [4.69, 9.17) is 14.2 Å². The number of urea groups is 1. The Kier molecular flexibility index (Phi) is 7.66. The number of amides is 3. The minimum atomic E-state index is -0.705. The van der Waals surface area contributed by atoms with Crippen molar-refractivity contribution in [3.8, 4) is 11.5 Å². The van der Waals surface area contributed by atoms with E-state index in [1.165, 1.54) is 26.4 Å². The zero-order valence-corrected chi connectivity index (χ0v) is 15.4. The molecule has 0 saturated heterocycles. The fraction of sp³-hybridized carbons (Fsp3) is 0.421. The van der Waals surface area contributed by atoms with Gasteiger partial charge in [0, 0.05) is 18.2 Å². The third kappa shape index (κ3) is 7.01. The lowest BCUT2D eigenvalue weighted by Crippen LogP contribution is -2.44. The van der Waals surface area contributed by atoms with Crippen molar-refractivity contribution in [3.05, 3.63) is 29.8 Å². The van der Waals surface area contributed by atoms with Crippen LogP contribution in [0.15, 0.2) is 24.3 Å². The summed E-state index contributed by atoms with van der Waals surface area (Å²) in [6.07, 6.45) is 6.66. The molecule has 0 spiro atoms. The molecule has 0 unspecified atom stereocenters.